The first-order valence-corrected chi connectivity index (χ1v) is 2.54. The third-order valence-electron chi connectivity index (χ3n) is 0.585. The zero-order chi connectivity index (χ0) is 8.91. The molecule has 11 heavy (non-hydrogen) atoms. The highest BCUT2D eigenvalue weighted by atomic mass is 19.4. The first-order chi connectivity index (χ1) is 4.95. The summed E-state index contributed by atoms with van der Waals surface area (Å²) in [4.78, 5) is 10.1. The van der Waals surface area contributed by atoms with Gasteiger partial charge in [0.25, 0.3) is 0 Å². The van der Waals surface area contributed by atoms with E-state index in [0.29, 0.717) is 6.08 Å². The van der Waals surface area contributed by atoms with Gasteiger partial charge < -0.3 is 4.74 Å². The summed E-state index contributed by atoms with van der Waals surface area (Å²) in [6.07, 6.45) is -2.07. The predicted octanol–water partition coefficient (Wildman–Crippen LogP) is 1.79. The third-order valence-corrected chi connectivity index (χ3v) is 0.585. The molecule has 0 aliphatic carbocycles. The number of rotatable bonds is 2. The van der Waals surface area contributed by atoms with Crippen molar-refractivity contribution in [3.05, 3.63) is 24.8 Å². The van der Waals surface area contributed by atoms with Crippen molar-refractivity contribution in [2.24, 2.45) is 0 Å². The molecule has 62 valence electrons. The van der Waals surface area contributed by atoms with Gasteiger partial charge in [0.1, 0.15) is 0 Å². The van der Waals surface area contributed by atoms with Gasteiger partial charge in [0.05, 0.1) is 0 Å². The Morgan fingerprint density at radius 1 is 1.45 bits per heavy atom. The van der Waals surface area contributed by atoms with Gasteiger partial charge in [-0.15, -0.1) is 13.2 Å². The molecule has 0 aromatic heterocycles. The molecule has 2 nitrogen and oxygen atoms in total. The highest BCUT2D eigenvalue weighted by Gasteiger charge is 2.32. The largest absolute Gasteiger partial charge is 0.575 e. The van der Waals surface area contributed by atoms with Crippen LogP contribution in [0.5, 0.6) is 0 Å². The molecule has 0 aromatic carbocycles. The van der Waals surface area contributed by atoms with Gasteiger partial charge in [-0.3, -0.25) is 0 Å². The number of esters is 1. The minimum atomic E-state index is -4.91. The molecule has 0 rings (SSSR count). The van der Waals surface area contributed by atoms with Crippen molar-refractivity contribution >= 4 is 5.97 Å². The third kappa shape index (κ3) is 6.63. The smallest absolute Gasteiger partial charge is 0.370 e. The average Bonchev–Trinajstić information content (AvgIpc) is 1.79. The SMILES string of the molecule is C=CC=CC(=O)OC(F)(F)F. The zero-order valence-corrected chi connectivity index (χ0v) is 5.39. The molecule has 0 aliphatic heterocycles. The van der Waals surface area contributed by atoms with E-state index in [1.165, 1.54) is 0 Å². The number of allylic oxidation sites excluding steroid dienone is 2. The number of ether oxygens (including phenoxy) is 1. The lowest BCUT2D eigenvalue weighted by atomic mass is 10.5. The van der Waals surface area contributed by atoms with Crippen LogP contribution in [0.2, 0.25) is 0 Å². The average molecular weight is 166 g/mol. The van der Waals surface area contributed by atoms with Crippen molar-refractivity contribution in [2.75, 3.05) is 0 Å². The monoisotopic (exact) mass is 166 g/mol. The minimum absolute atomic E-state index is 0.625. The van der Waals surface area contributed by atoms with E-state index < -0.39 is 12.3 Å². The van der Waals surface area contributed by atoms with Gasteiger partial charge in [0.15, 0.2) is 0 Å². The molecule has 0 atom stereocenters. The van der Waals surface area contributed by atoms with Gasteiger partial charge >= 0.3 is 12.3 Å². The molecule has 0 spiro atoms. The molecule has 0 fully saturated rings. The Balaban J connectivity index is 3.89. The van der Waals surface area contributed by atoms with E-state index >= 15 is 0 Å². The Bertz CT molecular complexity index is 181. The fraction of sp³-hybridized carbons (Fsp3) is 0.167. The summed E-state index contributed by atoms with van der Waals surface area (Å²) in [6.45, 7) is 3.15. The molecule has 0 saturated heterocycles. The molecule has 0 heterocycles. The van der Waals surface area contributed by atoms with Crippen molar-refractivity contribution in [3.8, 4) is 0 Å². The molecule has 0 bridgehead atoms. The Labute approximate surface area is 61.0 Å². The molecule has 0 aliphatic rings. The van der Waals surface area contributed by atoms with E-state index in [2.05, 4.69) is 11.3 Å². The van der Waals surface area contributed by atoms with Crippen LogP contribution in [0.1, 0.15) is 0 Å². The van der Waals surface area contributed by atoms with Crippen LogP contribution in [0.15, 0.2) is 24.8 Å². The number of carbonyl (C=O) groups is 1. The Morgan fingerprint density at radius 3 is 2.36 bits per heavy atom. The van der Waals surface area contributed by atoms with Crippen molar-refractivity contribution in [1.82, 2.24) is 0 Å². The second-order valence-corrected chi connectivity index (χ2v) is 1.46. The highest BCUT2D eigenvalue weighted by molar-refractivity contribution is 5.82. The maximum Gasteiger partial charge on any atom is 0.575 e. The summed E-state index contributed by atoms with van der Waals surface area (Å²) >= 11 is 0. The summed E-state index contributed by atoms with van der Waals surface area (Å²) < 4.78 is 36.7. The topological polar surface area (TPSA) is 26.3 Å². The van der Waals surface area contributed by atoms with E-state index in [9.17, 15) is 18.0 Å². The second kappa shape index (κ2) is 3.80. The normalized spacial score (nSPS) is 11.5. The fourth-order valence-electron chi connectivity index (χ4n) is 0.295. The van der Waals surface area contributed by atoms with Crippen LogP contribution in [0.3, 0.4) is 0 Å². The number of hydrogen-bond donors (Lipinski definition) is 0. The highest BCUT2D eigenvalue weighted by Crippen LogP contribution is 2.16. The van der Waals surface area contributed by atoms with Crippen molar-refractivity contribution < 1.29 is 22.7 Å². The Kier molecular flexibility index (Phi) is 3.36. The molecular weight excluding hydrogens is 161 g/mol. The van der Waals surface area contributed by atoms with Gasteiger partial charge in [-0.25, -0.2) is 4.79 Å². The van der Waals surface area contributed by atoms with Crippen LogP contribution in [-0.4, -0.2) is 12.3 Å². The molecule has 0 N–H and O–H groups in total. The molecule has 0 aromatic rings. The fourth-order valence-corrected chi connectivity index (χ4v) is 0.295. The van der Waals surface area contributed by atoms with Gasteiger partial charge in [-0.2, -0.15) is 0 Å². The summed E-state index contributed by atoms with van der Waals surface area (Å²) in [6, 6.07) is 0. The van der Waals surface area contributed by atoms with E-state index in [1.807, 2.05) is 0 Å². The number of carbonyl (C=O) groups excluding carboxylic acids is 1. The van der Waals surface area contributed by atoms with Crippen LogP contribution >= 0.6 is 0 Å². The Morgan fingerprint density at radius 2 is 2.00 bits per heavy atom. The van der Waals surface area contributed by atoms with E-state index in [4.69, 9.17) is 0 Å². The maximum atomic E-state index is 11.2. The summed E-state index contributed by atoms with van der Waals surface area (Å²) in [5.74, 6) is -1.46. The van der Waals surface area contributed by atoms with Crippen LogP contribution < -0.4 is 0 Å². The van der Waals surface area contributed by atoms with E-state index in [-0.39, 0.29) is 0 Å². The summed E-state index contributed by atoms with van der Waals surface area (Å²) in [5.41, 5.74) is 0. The van der Waals surface area contributed by atoms with E-state index in [0.717, 1.165) is 12.2 Å². The molecule has 0 radical (unpaired) electrons. The zero-order valence-electron chi connectivity index (χ0n) is 5.39. The first-order valence-electron chi connectivity index (χ1n) is 2.54. The maximum absolute atomic E-state index is 11.2. The molecule has 0 saturated carbocycles. The molecule has 5 heteroatoms. The first kappa shape index (κ1) is 9.74. The summed E-state index contributed by atoms with van der Waals surface area (Å²) in [5, 5.41) is 0. The van der Waals surface area contributed by atoms with Gasteiger partial charge in [0, 0.05) is 6.08 Å². The van der Waals surface area contributed by atoms with Gasteiger partial charge in [-0.05, 0) is 0 Å². The van der Waals surface area contributed by atoms with Crippen molar-refractivity contribution in [3.63, 3.8) is 0 Å². The predicted molar refractivity (Wildman–Crippen MR) is 31.5 cm³/mol. The number of alkyl halides is 3. The van der Waals surface area contributed by atoms with Gasteiger partial charge in [-0.1, -0.05) is 18.7 Å². The molecule has 0 unspecified atom stereocenters. The van der Waals surface area contributed by atoms with Crippen LogP contribution in [0.4, 0.5) is 13.2 Å². The second-order valence-electron chi connectivity index (χ2n) is 1.46. The van der Waals surface area contributed by atoms with E-state index in [1.54, 1.807) is 0 Å². The standard InChI is InChI=1S/C6H5F3O2/c1-2-3-4-5(10)11-6(7,8)9/h2-4H,1H2. The van der Waals surface area contributed by atoms with Crippen molar-refractivity contribution in [1.29, 1.82) is 0 Å². The minimum Gasteiger partial charge on any atom is -0.370 e. The number of halogens is 3. The van der Waals surface area contributed by atoms with Crippen LogP contribution in [0.25, 0.3) is 0 Å². The van der Waals surface area contributed by atoms with Crippen LogP contribution in [-0.2, 0) is 9.53 Å². The lowest BCUT2D eigenvalue weighted by molar-refractivity contribution is -0.302. The molecular formula is C6H5F3O2. The lowest BCUT2D eigenvalue weighted by Gasteiger charge is -2.02. The lowest BCUT2D eigenvalue weighted by Crippen LogP contribution is -2.17. The molecule has 0 amide bonds. The van der Waals surface area contributed by atoms with Gasteiger partial charge in [0.2, 0.25) is 0 Å². The Hall–Kier alpha value is -1.26. The quantitative estimate of drug-likeness (QED) is 0.355. The van der Waals surface area contributed by atoms with Crippen LogP contribution in [0, 0.1) is 0 Å². The van der Waals surface area contributed by atoms with Crippen molar-refractivity contribution in [2.45, 2.75) is 6.36 Å². The number of hydrogen-bond acceptors (Lipinski definition) is 2. The summed E-state index contributed by atoms with van der Waals surface area (Å²) in [7, 11) is 0.